The summed E-state index contributed by atoms with van der Waals surface area (Å²) in [7, 11) is 0. The molecule has 1 heterocycles. The Morgan fingerprint density at radius 3 is 2.75 bits per heavy atom. The van der Waals surface area contributed by atoms with Gasteiger partial charge in [-0.15, -0.1) is 5.10 Å². The van der Waals surface area contributed by atoms with E-state index in [-0.39, 0.29) is 17.6 Å². The standard InChI is InChI=1S/C9H8N4O3/c1-5-2-3-6(4-7(5)13(14)15)8-11-12-9(10)16-8/h2-4H,1H3,(H2,10,12). The number of rotatable bonds is 2. The normalized spacial score (nSPS) is 10.3. The molecule has 0 fully saturated rings. The maximum Gasteiger partial charge on any atom is 0.313 e. The van der Waals surface area contributed by atoms with E-state index in [4.69, 9.17) is 10.2 Å². The van der Waals surface area contributed by atoms with Crippen molar-refractivity contribution in [2.75, 3.05) is 5.73 Å². The lowest BCUT2D eigenvalue weighted by Crippen LogP contribution is -1.92. The number of hydrogen-bond donors (Lipinski definition) is 1. The average molecular weight is 220 g/mol. The summed E-state index contributed by atoms with van der Waals surface area (Å²) in [5.74, 6) is 0.167. The number of aromatic nitrogens is 2. The monoisotopic (exact) mass is 220 g/mol. The number of nitrogen functional groups attached to an aromatic ring is 1. The zero-order valence-corrected chi connectivity index (χ0v) is 8.38. The third-order valence-corrected chi connectivity index (χ3v) is 2.09. The summed E-state index contributed by atoms with van der Waals surface area (Å²) < 4.78 is 4.98. The van der Waals surface area contributed by atoms with Crippen LogP contribution in [-0.2, 0) is 0 Å². The molecule has 0 bridgehead atoms. The van der Waals surface area contributed by atoms with Gasteiger partial charge in [0.05, 0.1) is 4.92 Å². The van der Waals surface area contributed by atoms with Crippen molar-refractivity contribution in [3.63, 3.8) is 0 Å². The molecule has 0 amide bonds. The second-order valence-electron chi connectivity index (χ2n) is 3.20. The van der Waals surface area contributed by atoms with Crippen LogP contribution < -0.4 is 5.73 Å². The van der Waals surface area contributed by atoms with Crippen molar-refractivity contribution >= 4 is 11.7 Å². The van der Waals surface area contributed by atoms with Crippen molar-refractivity contribution in [3.05, 3.63) is 33.9 Å². The number of nitro benzene ring substituents is 1. The Bertz CT molecular complexity index is 549. The minimum atomic E-state index is -0.460. The molecule has 2 aromatic rings. The second-order valence-corrected chi connectivity index (χ2v) is 3.20. The third kappa shape index (κ3) is 1.70. The van der Waals surface area contributed by atoms with Crippen LogP contribution >= 0.6 is 0 Å². The predicted octanol–water partition coefficient (Wildman–Crippen LogP) is 1.54. The van der Waals surface area contributed by atoms with Gasteiger partial charge in [-0.2, -0.15) is 0 Å². The fourth-order valence-electron chi connectivity index (χ4n) is 1.29. The van der Waals surface area contributed by atoms with Crippen LogP contribution in [0.2, 0.25) is 0 Å². The molecule has 0 atom stereocenters. The predicted molar refractivity (Wildman–Crippen MR) is 55.5 cm³/mol. The maximum atomic E-state index is 10.7. The highest BCUT2D eigenvalue weighted by Crippen LogP contribution is 2.26. The molecule has 0 aliphatic heterocycles. The SMILES string of the molecule is Cc1ccc(-c2nnc(N)o2)cc1[N+](=O)[O-]. The van der Waals surface area contributed by atoms with Gasteiger partial charge >= 0.3 is 6.01 Å². The van der Waals surface area contributed by atoms with Crippen LogP contribution in [0.25, 0.3) is 11.5 Å². The molecule has 0 aliphatic carbocycles. The van der Waals surface area contributed by atoms with Crippen LogP contribution in [0.15, 0.2) is 22.6 Å². The first-order chi connectivity index (χ1) is 7.58. The average Bonchev–Trinajstić information content (AvgIpc) is 2.65. The number of nitro groups is 1. The number of nitrogens with two attached hydrogens (primary N) is 1. The summed E-state index contributed by atoms with van der Waals surface area (Å²) in [6.07, 6.45) is 0. The molecular weight excluding hydrogens is 212 g/mol. The molecule has 1 aromatic carbocycles. The lowest BCUT2D eigenvalue weighted by atomic mass is 10.1. The van der Waals surface area contributed by atoms with Crippen molar-refractivity contribution in [3.8, 4) is 11.5 Å². The molecular formula is C9H8N4O3. The van der Waals surface area contributed by atoms with Crippen molar-refractivity contribution in [1.29, 1.82) is 0 Å². The molecule has 0 saturated heterocycles. The summed E-state index contributed by atoms with van der Waals surface area (Å²) in [6, 6.07) is 4.59. The van der Waals surface area contributed by atoms with E-state index in [0.29, 0.717) is 11.1 Å². The largest absolute Gasteiger partial charge is 0.404 e. The van der Waals surface area contributed by atoms with Gasteiger partial charge in [0, 0.05) is 17.2 Å². The van der Waals surface area contributed by atoms with Crippen LogP contribution in [0.4, 0.5) is 11.7 Å². The lowest BCUT2D eigenvalue weighted by molar-refractivity contribution is -0.385. The molecule has 0 unspecified atom stereocenters. The van der Waals surface area contributed by atoms with Gasteiger partial charge in [0.25, 0.3) is 5.69 Å². The Balaban J connectivity index is 2.51. The maximum absolute atomic E-state index is 10.7. The van der Waals surface area contributed by atoms with Crippen LogP contribution in [-0.4, -0.2) is 15.1 Å². The Hall–Kier alpha value is -2.44. The summed E-state index contributed by atoms with van der Waals surface area (Å²) in [4.78, 5) is 10.3. The number of nitrogens with zero attached hydrogens (tertiary/aromatic N) is 3. The van der Waals surface area contributed by atoms with Crippen LogP contribution in [0.1, 0.15) is 5.56 Å². The summed E-state index contributed by atoms with van der Waals surface area (Å²) >= 11 is 0. The highest BCUT2D eigenvalue weighted by atomic mass is 16.6. The first kappa shape index (κ1) is 10.1. The smallest absolute Gasteiger partial charge is 0.313 e. The van der Waals surface area contributed by atoms with Gasteiger partial charge in [0.1, 0.15) is 0 Å². The third-order valence-electron chi connectivity index (χ3n) is 2.09. The molecule has 0 spiro atoms. The zero-order valence-electron chi connectivity index (χ0n) is 8.38. The van der Waals surface area contributed by atoms with Gasteiger partial charge in [0.15, 0.2) is 0 Å². The molecule has 0 saturated carbocycles. The molecule has 0 aliphatic rings. The first-order valence-electron chi connectivity index (χ1n) is 4.42. The van der Waals surface area contributed by atoms with E-state index in [9.17, 15) is 10.1 Å². The number of aryl methyl sites for hydroxylation is 1. The molecule has 7 nitrogen and oxygen atoms in total. The number of anilines is 1. The fraction of sp³-hybridized carbons (Fsp3) is 0.111. The molecule has 7 heteroatoms. The van der Waals surface area contributed by atoms with Crippen molar-refractivity contribution < 1.29 is 9.34 Å². The van der Waals surface area contributed by atoms with Crippen LogP contribution in [0, 0.1) is 17.0 Å². The summed E-state index contributed by atoms with van der Waals surface area (Å²) in [5.41, 5.74) is 6.32. The topological polar surface area (TPSA) is 108 Å². The molecule has 82 valence electrons. The van der Waals surface area contributed by atoms with E-state index in [1.807, 2.05) is 0 Å². The fourth-order valence-corrected chi connectivity index (χ4v) is 1.29. The Labute approximate surface area is 90.0 Å². The molecule has 2 rings (SSSR count). The summed E-state index contributed by atoms with van der Waals surface area (Å²) in [6.45, 7) is 1.66. The van der Waals surface area contributed by atoms with E-state index in [0.717, 1.165) is 0 Å². The van der Waals surface area contributed by atoms with Crippen molar-refractivity contribution in [2.45, 2.75) is 6.92 Å². The minimum Gasteiger partial charge on any atom is -0.404 e. The summed E-state index contributed by atoms with van der Waals surface area (Å²) in [5, 5.41) is 17.9. The zero-order chi connectivity index (χ0) is 11.7. The van der Waals surface area contributed by atoms with E-state index in [1.165, 1.54) is 6.07 Å². The van der Waals surface area contributed by atoms with E-state index >= 15 is 0 Å². The van der Waals surface area contributed by atoms with E-state index in [1.54, 1.807) is 19.1 Å². The highest BCUT2D eigenvalue weighted by molar-refractivity contribution is 5.60. The lowest BCUT2D eigenvalue weighted by Gasteiger charge is -1.98. The van der Waals surface area contributed by atoms with Gasteiger partial charge in [-0.3, -0.25) is 10.1 Å². The number of benzene rings is 1. The number of hydrogen-bond acceptors (Lipinski definition) is 6. The second kappa shape index (κ2) is 3.61. The minimum absolute atomic E-state index is 0.00858. The molecule has 1 aromatic heterocycles. The van der Waals surface area contributed by atoms with Crippen LogP contribution in [0.5, 0.6) is 0 Å². The molecule has 0 radical (unpaired) electrons. The van der Waals surface area contributed by atoms with Gasteiger partial charge in [0.2, 0.25) is 5.89 Å². The van der Waals surface area contributed by atoms with Crippen LogP contribution in [0.3, 0.4) is 0 Å². The highest BCUT2D eigenvalue weighted by Gasteiger charge is 2.14. The molecule has 16 heavy (non-hydrogen) atoms. The quantitative estimate of drug-likeness (QED) is 0.607. The van der Waals surface area contributed by atoms with Gasteiger partial charge in [-0.25, -0.2) is 0 Å². The first-order valence-corrected chi connectivity index (χ1v) is 4.42. The molecule has 2 N–H and O–H groups in total. The van der Waals surface area contributed by atoms with Crippen molar-refractivity contribution in [1.82, 2.24) is 10.2 Å². The van der Waals surface area contributed by atoms with Gasteiger partial charge in [-0.05, 0) is 13.0 Å². The van der Waals surface area contributed by atoms with Crippen molar-refractivity contribution in [2.24, 2.45) is 0 Å². The Morgan fingerprint density at radius 1 is 1.44 bits per heavy atom. The van der Waals surface area contributed by atoms with Gasteiger partial charge in [-0.1, -0.05) is 11.2 Å². The Morgan fingerprint density at radius 2 is 2.19 bits per heavy atom. The van der Waals surface area contributed by atoms with E-state index < -0.39 is 4.92 Å². The van der Waals surface area contributed by atoms with E-state index in [2.05, 4.69) is 10.2 Å². The Kier molecular flexibility index (Phi) is 2.28. The van der Waals surface area contributed by atoms with Gasteiger partial charge < -0.3 is 10.2 Å².